The third-order valence-corrected chi connectivity index (χ3v) is 3.01. The Morgan fingerprint density at radius 1 is 1.35 bits per heavy atom. The van der Waals surface area contributed by atoms with Gasteiger partial charge in [-0.05, 0) is 36.8 Å². The lowest BCUT2D eigenvalue weighted by molar-refractivity contribution is 0.0594. The van der Waals surface area contributed by atoms with E-state index in [9.17, 15) is 4.79 Å². The fourth-order valence-corrected chi connectivity index (χ4v) is 1.82. The van der Waals surface area contributed by atoms with Crippen LogP contribution < -0.4 is 11.1 Å². The molecule has 5 nitrogen and oxygen atoms in total. The van der Waals surface area contributed by atoms with Gasteiger partial charge in [-0.2, -0.15) is 0 Å². The number of hydrogen-bond acceptors (Lipinski definition) is 5. The Kier molecular flexibility index (Phi) is 4.10. The molecule has 3 N–H and O–H groups in total. The number of nitrogens with two attached hydrogens (primary N) is 1. The maximum atomic E-state index is 11.5. The van der Waals surface area contributed by atoms with E-state index in [0.717, 1.165) is 11.3 Å². The predicted octanol–water partition coefficient (Wildman–Crippen LogP) is 3.16. The van der Waals surface area contributed by atoms with Crippen LogP contribution in [0.3, 0.4) is 0 Å². The fraction of sp³-hybridized carbons (Fsp3) is 0.143. The molecule has 20 heavy (non-hydrogen) atoms. The topological polar surface area (TPSA) is 77.2 Å². The highest BCUT2D eigenvalue weighted by Crippen LogP contribution is 2.26. The number of carbonyl (C=O) groups is 1. The molecule has 1 heterocycles. The molecule has 0 bridgehead atoms. The second-order valence-electron chi connectivity index (χ2n) is 4.21. The number of nitrogen functional groups attached to an aromatic ring is 1. The molecule has 0 fully saturated rings. The van der Waals surface area contributed by atoms with E-state index in [-0.39, 0.29) is 5.69 Å². The van der Waals surface area contributed by atoms with Crippen LogP contribution in [-0.4, -0.2) is 18.1 Å². The van der Waals surface area contributed by atoms with E-state index in [1.165, 1.54) is 13.2 Å². The van der Waals surface area contributed by atoms with Gasteiger partial charge < -0.3 is 15.8 Å². The van der Waals surface area contributed by atoms with Gasteiger partial charge in [-0.3, -0.25) is 0 Å². The highest BCUT2D eigenvalue weighted by Gasteiger charge is 2.11. The van der Waals surface area contributed by atoms with Crippen LogP contribution in [0.5, 0.6) is 0 Å². The van der Waals surface area contributed by atoms with Crippen molar-refractivity contribution in [1.82, 2.24) is 4.98 Å². The zero-order chi connectivity index (χ0) is 14.7. The summed E-state index contributed by atoms with van der Waals surface area (Å²) in [4.78, 5) is 15.6. The fourth-order valence-electron chi connectivity index (χ4n) is 1.64. The number of hydrogen-bond donors (Lipinski definition) is 2. The molecular weight excluding hydrogens is 278 g/mol. The largest absolute Gasteiger partial charge is 0.464 e. The molecule has 104 valence electrons. The number of aryl methyl sites for hydroxylation is 1. The Labute approximate surface area is 121 Å². The Morgan fingerprint density at radius 3 is 2.80 bits per heavy atom. The number of nitrogens with one attached hydrogen (secondary N) is 1. The van der Waals surface area contributed by atoms with Crippen molar-refractivity contribution in [2.45, 2.75) is 6.92 Å². The van der Waals surface area contributed by atoms with Crippen molar-refractivity contribution < 1.29 is 9.53 Å². The van der Waals surface area contributed by atoms with Gasteiger partial charge in [0.1, 0.15) is 0 Å². The van der Waals surface area contributed by atoms with Gasteiger partial charge in [0.05, 0.1) is 12.8 Å². The normalized spacial score (nSPS) is 10.2. The van der Waals surface area contributed by atoms with Gasteiger partial charge in [0.25, 0.3) is 0 Å². The molecule has 0 saturated carbocycles. The minimum atomic E-state index is -0.518. The SMILES string of the molecule is COC(=O)c1ccc(N)c(Nc2cc(Cl)ccc2C)n1. The summed E-state index contributed by atoms with van der Waals surface area (Å²) in [5, 5.41) is 3.67. The molecule has 0 radical (unpaired) electrons. The average molecular weight is 292 g/mol. The second kappa shape index (κ2) is 5.79. The van der Waals surface area contributed by atoms with Crippen molar-refractivity contribution in [3.8, 4) is 0 Å². The van der Waals surface area contributed by atoms with Crippen LogP contribution in [0, 0.1) is 6.92 Å². The molecule has 0 unspecified atom stereocenters. The summed E-state index contributed by atoms with van der Waals surface area (Å²) in [6.07, 6.45) is 0. The van der Waals surface area contributed by atoms with Crippen molar-refractivity contribution in [1.29, 1.82) is 0 Å². The minimum Gasteiger partial charge on any atom is -0.464 e. The van der Waals surface area contributed by atoms with Crippen molar-refractivity contribution >= 4 is 34.8 Å². The summed E-state index contributed by atoms with van der Waals surface area (Å²) in [6, 6.07) is 8.55. The van der Waals surface area contributed by atoms with Gasteiger partial charge in [0, 0.05) is 10.7 Å². The van der Waals surface area contributed by atoms with Gasteiger partial charge >= 0.3 is 5.97 Å². The maximum Gasteiger partial charge on any atom is 0.356 e. The Bertz CT molecular complexity index is 659. The molecule has 1 aromatic heterocycles. The molecule has 0 aliphatic heterocycles. The predicted molar refractivity (Wildman–Crippen MR) is 79.5 cm³/mol. The van der Waals surface area contributed by atoms with Crippen molar-refractivity contribution in [3.63, 3.8) is 0 Å². The lowest BCUT2D eigenvalue weighted by Gasteiger charge is -2.12. The van der Waals surface area contributed by atoms with Gasteiger partial charge in [-0.1, -0.05) is 17.7 Å². The van der Waals surface area contributed by atoms with Crippen LogP contribution >= 0.6 is 11.6 Å². The minimum absolute atomic E-state index is 0.184. The van der Waals surface area contributed by atoms with E-state index >= 15 is 0 Å². The first-order valence-corrected chi connectivity index (χ1v) is 6.27. The molecule has 0 aliphatic carbocycles. The average Bonchev–Trinajstić information content (AvgIpc) is 2.44. The third-order valence-electron chi connectivity index (χ3n) is 2.77. The van der Waals surface area contributed by atoms with Crippen LogP contribution in [0.4, 0.5) is 17.2 Å². The highest BCUT2D eigenvalue weighted by molar-refractivity contribution is 6.30. The molecular formula is C14H14ClN3O2. The zero-order valence-electron chi connectivity index (χ0n) is 11.1. The number of rotatable bonds is 3. The molecule has 2 rings (SSSR count). The first-order valence-electron chi connectivity index (χ1n) is 5.89. The van der Waals surface area contributed by atoms with Gasteiger partial charge in [-0.15, -0.1) is 0 Å². The maximum absolute atomic E-state index is 11.5. The zero-order valence-corrected chi connectivity index (χ0v) is 11.9. The van der Waals surface area contributed by atoms with Crippen LogP contribution in [-0.2, 0) is 4.74 Å². The number of carbonyl (C=O) groups excluding carboxylic acids is 1. The van der Waals surface area contributed by atoms with Crippen LogP contribution in [0.25, 0.3) is 0 Å². The summed E-state index contributed by atoms with van der Waals surface area (Å²) in [7, 11) is 1.30. The summed E-state index contributed by atoms with van der Waals surface area (Å²) in [5.74, 6) is -0.130. The molecule has 0 atom stereocenters. The van der Waals surface area contributed by atoms with Crippen molar-refractivity contribution in [2.75, 3.05) is 18.2 Å². The number of aromatic nitrogens is 1. The monoisotopic (exact) mass is 291 g/mol. The van der Waals surface area contributed by atoms with Crippen LogP contribution in [0.1, 0.15) is 16.1 Å². The number of anilines is 3. The number of nitrogens with zero attached hydrogens (tertiary/aromatic N) is 1. The summed E-state index contributed by atoms with van der Waals surface area (Å²) < 4.78 is 4.63. The second-order valence-corrected chi connectivity index (χ2v) is 4.65. The van der Waals surface area contributed by atoms with Crippen molar-refractivity contribution in [3.05, 3.63) is 46.6 Å². The smallest absolute Gasteiger partial charge is 0.356 e. The number of pyridine rings is 1. The van der Waals surface area contributed by atoms with E-state index in [1.807, 2.05) is 13.0 Å². The quantitative estimate of drug-likeness (QED) is 0.850. The standard InChI is InChI=1S/C14H14ClN3O2/c1-8-3-4-9(15)7-12(8)18-13-10(16)5-6-11(17-13)14(19)20-2/h3-7H,16H2,1-2H3,(H,17,18). The lowest BCUT2D eigenvalue weighted by atomic mass is 10.2. The van der Waals surface area contributed by atoms with Gasteiger partial charge in [-0.25, -0.2) is 9.78 Å². The van der Waals surface area contributed by atoms with Crippen LogP contribution in [0.15, 0.2) is 30.3 Å². The van der Waals surface area contributed by atoms with E-state index in [4.69, 9.17) is 17.3 Å². The Hall–Kier alpha value is -2.27. The molecule has 0 amide bonds. The number of halogens is 1. The lowest BCUT2D eigenvalue weighted by Crippen LogP contribution is -2.08. The van der Waals surface area contributed by atoms with Gasteiger partial charge in [0.15, 0.2) is 11.5 Å². The number of methoxy groups -OCH3 is 1. The third kappa shape index (κ3) is 3.00. The molecule has 0 saturated heterocycles. The molecule has 0 aliphatic rings. The Balaban J connectivity index is 2.37. The highest BCUT2D eigenvalue weighted by atomic mass is 35.5. The van der Waals surface area contributed by atoms with Crippen LogP contribution in [0.2, 0.25) is 5.02 Å². The molecule has 1 aromatic carbocycles. The van der Waals surface area contributed by atoms with E-state index < -0.39 is 5.97 Å². The van der Waals surface area contributed by atoms with Gasteiger partial charge in [0.2, 0.25) is 0 Å². The molecule has 2 aromatic rings. The van der Waals surface area contributed by atoms with E-state index in [2.05, 4.69) is 15.0 Å². The van der Waals surface area contributed by atoms with Crippen molar-refractivity contribution in [2.24, 2.45) is 0 Å². The molecule has 6 heteroatoms. The number of esters is 1. The van der Waals surface area contributed by atoms with E-state index in [0.29, 0.717) is 16.5 Å². The Morgan fingerprint density at radius 2 is 2.10 bits per heavy atom. The van der Waals surface area contributed by atoms with E-state index in [1.54, 1.807) is 18.2 Å². The first kappa shape index (κ1) is 14.1. The molecule has 0 spiro atoms. The summed E-state index contributed by atoms with van der Waals surface area (Å²) in [6.45, 7) is 1.93. The summed E-state index contributed by atoms with van der Waals surface area (Å²) >= 11 is 5.96. The first-order chi connectivity index (χ1) is 9.51. The number of benzene rings is 1. The summed E-state index contributed by atoms with van der Waals surface area (Å²) in [5.41, 5.74) is 8.23. The number of ether oxygens (including phenoxy) is 1.